The van der Waals surface area contributed by atoms with Crippen molar-refractivity contribution >= 4 is 11.7 Å². The van der Waals surface area contributed by atoms with Crippen LogP contribution in [-0.4, -0.2) is 62.4 Å². The van der Waals surface area contributed by atoms with E-state index in [1.165, 1.54) is 0 Å². The normalized spacial score (nSPS) is 14.5. The summed E-state index contributed by atoms with van der Waals surface area (Å²) in [4.78, 5) is 14.3. The molecule has 1 N–H and O–H groups in total. The molecule has 10 nitrogen and oxygen atoms in total. The number of hydrogen-bond donors (Lipinski definition) is 1. The molecular formula is C27H29F2N7O3. The van der Waals surface area contributed by atoms with E-state index in [0.717, 1.165) is 30.4 Å². The lowest BCUT2D eigenvalue weighted by atomic mass is 10.00. The van der Waals surface area contributed by atoms with Gasteiger partial charge in [-0.1, -0.05) is 49.2 Å². The van der Waals surface area contributed by atoms with E-state index in [9.17, 15) is 13.6 Å². The van der Waals surface area contributed by atoms with Gasteiger partial charge in [0.05, 0.1) is 25.5 Å². The fourth-order valence-electron chi connectivity index (χ4n) is 4.42. The molecule has 2 amide bonds. The molecule has 5 rings (SSSR count). The minimum Gasteiger partial charge on any atom is -0.415 e. The number of halogens is 2. The van der Waals surface area contributed by atoms with Gasteiger partial charge in [0, 0.05) is 29.9 Å². The Morgan fingerprint density at radius 1 is 1.05 bits per heavy atom. The third-order valence-corrected chi connectivity index (χ3v) is 6.54. The number of nitrogens with zero attached hydrogens (tertiary/aromatic N) is 6. The predicted octanol–water partition coefficient (Wildman–Crippen LogP) is 5.58. The lowest BCUT2D eigenvalue weighted by molar-refractivity contribution is 0.0564. The number of morpholine rings is 1. The first-order chi connectivity index (χ1) is 19.0. The number of hydrogen-bond acceptors (Lipinski definition) is 7. The first-order valence-electron chi connectivity index (χ1n) is 12.9. The number of unbranched alkanes of at least 4 members (excludes halogenated alkanes) is 1. The second kappa shape index (κ2) is 12.1. The topological polar surface area (TPSA) is 111 Å². The van der Waals surface area contributed by atoms with Crippen molar-refractivity contribution in [1.29, 1.82) is 0 Å². The van der Waals surface area contributed by atoms with Gasteiger partial charge in [0.15, 0.2) is 0 Å². The van der Waals surface area contributed by atoms with E-state index in [1.807, 2.05) is 47.3 Å². The molecule has 12 heteroatoms. The number of rotatable bonds is 9. The molecule has 2 aromatic carbocycles. The maximum Gasteiger partial charge on any atom is 0.321 e. The number of aromatic nitrogens is 5. The highest BCUT2D eigenvalue weighted by Crippen LogP contribution is 2.29. The Morgan fingerprint density at radius 3 is 2.56 bits per heavy atom. The number of urea groups is 1. The van der Waals surface area contributed by atoms with E-state index < -0.39 is 12.3 Å². The molecule has 39 heavy (non-hydrogen) atoms. The molecule has 0 saturated carbocycles. The van der Waals surface area contributed by atoms with Crippen LogP contribution >= 0.6 is 0 Å². The van der Waals surface area contributed by atoms with Crippen molar-refractivity contribution in [2.45, 2.75) is 38.7 Å². The zero-order chi connectivity index (χ0) is 27.2. The van der Waals surface area contributed by atoms with E-state index in [2.05, 4.69) is 32.7 Å². The SMILES string of the molecule is CCCCC(c1ccc(-c2nnc(C(F)F)o2)cc1)n1cc(-c2cccc(NC(=O)N3CCOCC3)c2)nn1. The minimum atomic E-state index is -2.81. The van der Waals surface area contributed by atoms with Crippen LogP contribution in [-0.2, 0) is 4.74 Å². The van der Waals surface area contributed by atoms with E-state index in [-0.39, 0.29) is 18.0 Å². The number of alkyl halides is 2. The lowest BCUT2D eigenvalue weighted by Gasteiger charge is -2.26. The van der Waals surface area contributed by atoms with Gasteiger partial charge in [0.2, 0.25) is 5.89 Å². The molecule has 1 saturated heterocycles. The van der Waals surface area contributed by atoms with Crippen molar-refractivity contribution in [2.24, 2.45) is 0 Å². The summed E-state index contributed by atoms with van der Waals surface area (Å²) in [6, 6.07) is 14.6. The van der Waals surface area contributed by atoms with Crippen LogP contribution in [0.2, 0.25) is 0 Å². The van der Waals surface area contributed by atoms with E-state index in [0.29, 0.717) is 43.2 Å². The van der Waals surface area contributed by atoms with Crippen molar-refractivity contribution in [3.8, 4) is 22.7 Å². The molecule has 0 bridgehead atoms. The van der Waals surface area contributed by atoms with Crippen molar-refractivity contribution in [1.82, 2.24) is 30.1 Å². The van der Waals surface area contributed by atoms with Crippen LogP contribution in [0.25, 0.3) is 22.7 Å². The Labute approximate surface area is 224 Å². The molecule has 1 atom stereocenters. The second-order valence-corrected chi connectivity index (χ2v) is 9.22. The summed E-state index contributed by atoms with van der Waals surface area (Å²) in [6.07, 6.45) is 1.91. The first kappa shape index (κ1) is 26.4. The fraction of sp³-hybridized carbons (Fsp3) is 0.370. The summed E-state index contributed by atoms with van der Waals surface area (Å²) in [6.45, 7) is 4.32. The van der Waals surface area contributed by atoms with Crippen molar-refractivity contribution in [3.63, 3.8) is 0 Å². The van der Waals surface area contributed by atoms with Gasteiger partial charge in [-0.25, -0.2) is 9.48 Å². The maximum absolute atomic E-state index is 12.8. The number of carbonyl (C=O) groups is 1. The largest absolute Gasteiger partial charge is 0.415 e. The Hall–Kier alpha value is -4.19. The molecule has 0 radical (unpaired) electrons. The molecule has 4 aromatic rings. The maximum atomic E-state index is 12.8. The first-order valence-corrected chi connectivity index (χ1v) is 12.9. The van der Waals surface area contributed by atoms with Gasteiger partial charge in [-0.2, -0.15) is 8.78 Å². The zero-order valence-electron chi connectivity index (χ0n) is 21.5. The van der Waals surface area contributed by atoms with Crippen molar-refractivity contribution in [2.75, 3.05) is 31.6 Å². The van der Waals surface area contributed by atoms with E-state index in [1.54, 1.807) is 17.0 Å². The average Bonchev–Trinajstić information content (AvgIpc) is 3.66. The van der Waals surface area contributed by atoms with Crippen LogP contribution in [0.1, 0.15) is 50.1 Å². The molecule has 1 fully saturated rings. The van der Waals surface area contributed by atoms with Gasteiger partial charge < -0.3 is 19.4 Å². The summed E-state index contributed by atoms with van der Waals surface area (Å²) in [7, 11) is 0. The Kier molecular flexibility index (Phi) is 8.21. The van der Waals surface area contributed by atoms with E-state index >= 15 is 0 Å². The Morgan fingerprint density at radius 2 is 1.85 bits per heavy atom. The number of ether oxygens (including phenoxy) is 1. The highest BCUT2D eigenvalue weighted by Gasteiger charge is 2.20. The molecule has 2 aromatic heterocycles. The number of anilines is 1. The van der Waals surface area contributed by atoms with Crippen molar-refractivity contribution in [3.05, 3.63) is 66.2 Å². The predicted molar refractivity (Wildman–Crippen MR) is 139 cm³/mol. The zero-order valence-corrected chi connectivity index (χ0v) is 21.5. The smallest absolute Gasteiger partial charge is 0.321 e. The average molecular weight is 538 g/mol. The van der Waals surface area contributed by atoms with Gasteiger partial charge in [-0.3, -0.25) is 0 Å². The quantitative estimate of drug-likeness (QED) is 0.297. The van der Waals surface area contributed by atoms with Gasteiger partial charge >= 0.3 is 12.5 Å². The molecule has 1 unspecified atom stereocenters. The number of nitrogens with one attached hydrogen (secondary N) is 1. The number of carbonyl (C=O) groups excluding carboxylic acids is 1. The molecule has 0 aliphatic carbocycles. The monoisotopic (exact) mass is 537 g/mol. The van der Waals surface area contributed by atoms with Gasteiger partial charge in [-0.05, 0) is 36.2 Å². The lowest BCUT2D eigenvalue weighted by Crippen LogP contribution is -2.43. The Balaban J connectivity index is 1.33. The van der Waals surface area contributed by atoms with Gasteiger partial charge in [-0.15, -0.1) is 15.3 Å². The molecule has 3 heterocycles. The fourth-order valence-corrected chi connectivity index (χ4v) is 4.42. The molecule has 1 aliphatic rings. The second-order valence-electron chi connectivity index (χ2n) is 9.22. The third kappa shape index (κ3) is 6.28. The number of amides is 2. The minimum absolute atomic E-state index is 0.0468. The molecule has 204 valence electrons. The van der Waals surface area contributed by atoms with Crippen LogP contribution in [0.3, 0.4) is 0 Å². The van der Waals surface area contributed by atoms with Crippen molar-refractivity contribution < 1.29 is 22.7 Å². The summed E-state index contributed by atoms with van der Waals surface area (Å²) in [5.74, 6) is -0.652. The highest BCUT2D eigenvalue weighted by atomic mass is 19.3. The summed E-state index contributed by atoms with van der Waals surface area (Å²) in [5, 5.41) is 18.9. The van der Waals surface area contributed by atoms with Gasteiger partial charge in [0.25, 0.3) is 5.89 Å². The van der Waals surface area contributed by atoms with Crippen LogP contribution < -0.4 is 5.32 Å². The van der Waals surface area contributed by atoms with E-state index in [4.69, 9.17) is 9.15 Å². The van der Waals surface area contributed by atoms with Crippen LogP contribution in [0, 0.1) is 0 Å². The van der Waals surface area contributed by atoms with Crippen LogP contribution in [0.4, 0.5) is 19.3 Å². The van der Waals surface area contributed by atoms with Crippen LogP contribution in [0.5, 0.6) is 0 Å². The van der Waals surface area contributed by atoms with Crippen LogP contribution in [0.15, 0.2) is 59.1 Å². The highest BCUT2D eigenvalue weighted by molar-refractivity contribution is 5.90. The number of benzene rings is 2. The standard InChI is InChI=1S/C27H29F2N7O3/c1-2-3-7-23(18-8-10-19(11-9-18)25-32-33-26(39-25)24(28)29)36-17-22(31-34-36)20-5-4-6-21(16-20)30-27(37)35-12-14-38-15-13-35/h4-6,8-11,16-17,23-24H,2-3,7,12-15H2,1H3,(H,30,37). The molecule has 1 aliphatic heterocycles. The summed E-state index contributed by atoms with van der Waals surface area (Å²) >= 11 is 0. The summed E-state index contributed by atoms with van der Waals surface area (Å²) < 4.78 is 37.8. The third-order valence-electron chi connectivity index (χ3n) is 6.54. The molecular weight excluding hydrogens is 508 g/mol. The Bertz CT molecular complexity index is 1380. The summed E-state index contributed by atoms with van der Waals surface area (Å²) in [5.41, 5.74) is 3.73. The molecule has 0 spiro atoms. The van der Waals surface area contributed by atoms with Gasteiger partial charge in [0.1, 0.15) is 5.69 Å².